The molecular weight excluding hydrogens is 352 g/mol. The fourth-order valence-corrected chi connectivity index (χ4v) is 2.28. The number of methoxy groups -OCH3 is 2. The zero-order valence-electron chi connectivity index (χ0n) is 15.5. The van der Waals surface area contributed by atoms with Crippen molar-refractivity contribution >= 4 is 11.8 Å². The standard InChI is InChI=1S/C20H22O7/c1-4-25-18-7-5-6-8-19(18)26-13-20(22)27-12-16(21)15-11-14(23-2)9-10-17(15)24-3/h5-11H,4,12-13H2,1-3H3. The zero-order chi connectivity index (χ0) is 19.6. The number of carbonyl (C=O) groups excluding carboxylic acids is 2. The number of hydrogen-bond acceptors (Lipinski definition) is 7. The van der Waals surface area contributed by atoms with E-state index in [9.17, 15) is 9.59 Å². The van der Waals surface area contributed by atoms with E-state index in [1.165, 1.54) is 20.3 Å². The molecular formula is C20H22O7. The molecule has 0 aliphatic rings. The van der Waals surface area contributed by atoms with Crippen LogP contribution in [0.4, 0.5) is 0 Å². The third-order valence-corrected chi connectivity index (χ3v) is 3.57. The molecule has 0 atom stereocenters. The molecule has 0 N–H and O–H groups in total. The highest BCUT2D eigenvalue weighted by molar-refractivity contribution is 6.00. The number of rotatable bonds is 10. The lowest BCUT2D eigenvalue weighted by atomic mass is 10.1. The van der Waals surface area contributed by atoms with E-state index in [1.54, 1.807) is 36.4 Å². The van der Waals surface area contributed by atoms with Crippen LogP contribution in [-0.2, 0) is 9.53 Å². The van der Waals surface area contributed by atoms with Gasteiger partial charge in [-0.05, 0) is 37.3 Å². The van der Waals surface area contributed by atoms with Gasteiger partial charge in [-0.1, -0.05) is 12.1 Å². The average molecular weight is 374 g/mol. The Morgan fingerprint density at radius 2 is 1.56 bits per heavy atom. The van der Waals surface area contributed by atoms with E-state index in [1.807, 2.05) is 6.92 Å². The first-order valence-corrected chi connectivity index (χ1v) is 8.34. The number of esters is 1. The smallest absolute Gasteiger partial charge is 0.344 e. The predicted molar refractivity (Wildman–Crippen MR) is 97.9 cm³/mol. The largest absolute Gasteiger partial charge is 0.497 e. The summed E-state index contributed by atoms with van der Waals surface area (Å²) in [5.74, 6) is 0.757. The Morgan fingerprint density at radius 3 is 2.19 bits per heavy atom. The fourth-order valence-electron chi connectivity index (χ4n) is 2.28. The molecule has 0 radical (unpaired) electrons. The van der Waals surface area contributed by atoms with Gasteiger partial charge < -0.3 is 23.7 Å². The molecule has 0 saturated carbocycles. The van der Waals surface area contributed by atoms with E-state index < -0.39 is 18.4 Å². The molecule has 0 aromatic heterocycles. The van der Waals surface area contributed by atoms with Crippen molar-refractivity contribution in [3.63, 3.8) is 0 Å². The third kappa shape index (κ3) is 5.64. The lowest BCUT2D eigenvalue weighted by molar-refractivity contribution is -0.144. The van der Waals surface area contributed by atoms with Gasteiger partial charge >= 0.3 is 5.97 Å². The van der Waals surface area contributed by atoms with E-state index in [-0.39, 0.29) is 12.2 Å². The summed E-state index contributed by atoms with van der Waals surface area (Å²) in [6, 6.07) is 11.8. The van der Waals surface area contributed by atoms with Gasteiger partial charge in [-0.2, -0.15) is 0 Å². The molecule has 2 rings (SSSR count). The Morgan fingerprint density at radius 1 is 0.852 bits per heavy atom. The lowest BCUT2D eigenvalue weighted by Crippen LogP contribution is -2.20. The van der Waals surface area contributed by atoms with Crippen LogP contribution < -0.4 is 18.9 Å². The zero-order valence-corrected chi connectivity index (χ0v) is 15.5. The molecule has 0 amide bonds. The Balaban J connectivity index is 1.91. The summed E-state index contributed by atoms with van der Waals surface area (Å²) in [7, 11) is 2.95. The molecule has 7 heteroatoms. The van der Waals surface area contributed by atoms with Crippen molar-refractivity contribution in [3.05, 3.63) is 48.0 Å². The molecule has 0 unspecified atom stereocenters. The molecule has 0 aliphatic carbocycles. The summed E-state index contributed by atoms with van der Waals surface area (Å²) in [6.45, 7) is 1.55. The van der Waals surface area contributed by atoms with Gasteiger partial charge in [0.25, 0.3) is 0 Å². The second kappa shape index (κ2) is 10.1. The highest BCUT2D eigenvalue weighted by atomic mass is 16.6. The van der Waals surface area contributed by atoms with Crippen LogP contribution >= 0.6 is 0 Å². The molecule has 2 aromatic rings. The van der Waals surface area contributed by atoms with Crippen LogP contribution in [0.25, 0.3) is 0 Å². The van der Waals surface area contributed by atoms with Crippen LogP contribution in [0.2, 0.25) is 0 Å². The number of Topliss-reactive ketones (excluding diaryl/α,β-unsaturated/α-hetero) is 1. The summed E-state index contributed by atoms with van der Waals surface area (Å²) in [6.07, 6.45) is 0. The van der Waals surface area contributed by atoms with Crippen LogP contribution in [0, 0.1) is 0 Å². The minimum absolute atomic E-state index is 0.271. The van der Waals surface area contributed by atoms with Crippen LogP contribution in [0.3, 0.4) is 0 Å². The first-order valence-electron chi connectivity index (χ1n) is 8.34. The molecule has 0 bridgehead atoms. The monoisotopic (exact) mass is 374 g/mol. The van der Waals surface area contributed by atoms with Crippen LogP contribution in [0.1, 0.15) is 17.3 Å². The van der Waals surface area contributed by atoms with Crippen molar-refractivity contribution in [1.29, 1.82) is 0 Å². The Kier molecular flexibility index (Phi) is 7.49. The van der Waals surface area contributed by atoms with E-state index in [0.717, 1.165) is 0 Å². The molecule has 0 saturated heterocycles. The fraction of sp³-hybridized carbons (Fsp3) is 0.300. The Hall–Kier alpha value is -3.22. The topological polar surface area (TPSA) is 80.3 Å². The molecule has 0 spiro atoms. The van der Waals surface area contributed by atoms with Crippen LogP contribution in [0.5, 0.6) is 23.0 Å². The molecule has 0 aliphatic heterocycles. The van der Waals surface area contributed by atoms with Crippen molar-refractivity contribution in [3.8, 4) is 23.0 Å². The minimum atomic E-state index is -0.670. The van der Waals surface area contributed by atoms with Crippen molar-refractivity contribution in [2.75, 3.05) is 34.0 Å². The second-order valence-electron chi connectivity index (χ2n) is 5.32. The highest BCUT2D eigenvalue weighted by Gasteiger charge is 2.16. The minimum Gasteiger partial charge on any atom is -0.497 e. The van der Waals surface area contributed by atoms with Gasteiger partial charge in [-0.3, -0.25) is 4.79 Å². The SMILES string of the molecule is CCOc1ccccc1OCC(=O)OCC(=O)c1cc(OC)ccc1OC. The maximum atomic E-state index is 12.3. The quantitative estimate of drug-likeness (QED) is 0.467. The van der Waals surface area contributed by atoms with Crippen molar-refractivity contribution in [2.24, 2.45) is 0 Å². The summed E-state index contributed by atoms with van der Waals surface area (Å²) in [5, 5.41) is 0. The maximum absolute atomic E-state index is 12.3. The van der Waals surface area contributed by atoms with Gasteiger partial charge in [-0.25, -0.2) is 4.79 Å². The van der Waals surface area contributed by atoms with Gasteiger partial charge in [0, 0.05) is 0 Å². The summed E-state index contributed by atoms with van der Waals surface area (Å²) in [5.41, 5.74) is 0.271. The lowest BCUT2D eigenvalue weighted by Gasteiger charge is -2.12. The van der Waals surface area contributed by atoms with Crippen molar-refractivity contribution in [2.45, 2.75) is 6.92 Å². The van der Waals surface area contributed by atoms with E-state index >= 15 is 0 Å². The second-order valence-corrected chi connectivity index (χ2v) is 5.32. The van der Waals surface area contributed by atoms with Gasteiger partial charge in [0.2, 0.25) is 5.78 Å². The summed E-state index contributed by atoms with van der Waals surface area (Å²) < 4.78 is 26.1. The van der Waals surface area contributed by atoms with Crippen LogP contribution in [0.15, 0.2) is 42.5 Å². The third-order valence-electron chi connectivity index (χ3n) is 3.57. The van der Waals surface area contributed by atoms with Crippen LogP contribution in [-0.4, -0.2) is 45.8 Å². The van der Waals surface area contributed by atoms with Crippen molar-refractivity contribution < 1.29 is 33.3 Å². The number of para-hydroxylation sites is 2. The first-order chi connectivity index (χ1) is 13.1. The molecule has 0 fully saturated rings. The summed E-state index contributed by atoms with van der Waals surface area (Å²) >= 11 is 0. The first kappa shape index (κ1) is 20.1. The number of benzene rings is 2. The molecule has 0 heterocycles. The highest BCUT2D eigenvalue weighted by Crippen LogP contribution is 2.26. The normalized spacial score (nSPS) is 10.0. The number of ketones is 1. The van der Waals surface area contributed by atoms with Gasteiger partial charge in [-0.15, -0.1) is 0 Å². The summed E-state index contributed by atoms with van der Waals surface area (Å²) in [4.78, 5) is 24.2. The Labute approximate surface area is 157 Å². The molecule has 7 nitrogen and oxygen atoms in total. The molecule has 2 aromatic carbocycles. The average Bonchev–Trinajstić information content (AvgIpc) is 2.71. The Bertz CT molecular complexity index is 786. The van der Waals surface area contributed by atoms with Gasteiger partial charge in [0.15, 0.2) is 24.7 Å². The molecule has 144 valence electrons. The number of ether oxygens (including phenoxy) is 5. The van der Waals surface area contributed by atoms with Gasteiger partial charge in [0.1, 0.15) is 11.5 Å². The number of carbonyl (C=O) groups is 2. The van der Waals surface area contributed by atoms with E-state index in [4.69, 9.17) is 23.7 Å². The van der Waals surface area contributed by atoms with E-state index in [0.29, 0.717) is 29.6 Å². The number of hydrogen-bond donors (Lipinski definition) is 0. The van der Waals surface area contributed by atoms with Gasteiger partial charge in [0.05, 0.1) is 26.4 Å². The van der Waals surface area contributed by atoms with E-state index in [2.05, 4.69) is 0 Å². The van der Waals surface area contributed by atoms with Crippen molar-refractivity contribution in [1.82, 2.24) is 0 Å². The molecule has 27 heavy (non-hydrogen) atoms. The maximum Gasteiger partial charge on any atom is 0.344 e. The predicted octanol–water partition coefficient (Wildman–Crippen LogP) is 2.91.